The van der Waals surface area contributed by atoms with E-state index in [4.69, 9.17) is 0 Å². The molecule has 1 atom stereocenters. The lowest BCUT2D eigenvalue weighted by Crippen LogP contribution is -2.42. The summed E-state index contributed by atoms with van der Waals surface area (Å²) in [4.78, 5) is 26.8. The number of carbonyl (C=O) groups excluding carboxylic acids is 2. The minimum atomic E-state index is -0.439. The molecule has 0 spiro atoms. The third-order valence-electron chi connectivity index (χ3n) is 5.28. The zero-order valence-corrected chi connectivity index (χ0v) is 14.4. The van der Waals surface area contributed by atoms with Gasteiger partial charge in [-0.3, -0.25) is 14.5 Å². The molecule has 1 aliphatic heterocycles. The summed E-state index contributed by atoms with van der Waals surface area (Å²) in [6, 6.07) is 7.38. The molecule has 1 aliphatic carbocycles. The molecule has 0 aromatic heterocycles. The van der Waals surface area contributed by atoms with E-state index in [2.05, 4.69) is 0 Å². The lowest BCUT2D eigenvalue weighted by molar-refractivity contribution is -0.118. The largest absolute Gasteiger partial charge is 0.503 e. The SMILES string of the molecule is CCC(=O)C1=C(O)C(=O)N(c2ccc(C)cc2)C1C1CCCCC1. The highest BCUT2D eigenvalue weighted by molar-refractivity contribution is 6.16. The average Bonchev–Trinajstić information content (AvgIpc) is 2.87. The Kier molecular flexibility index (Phi) is 4.74. The van der Waals surface area contributed by atoms with Crippen molar-refractivity contribution in [2.75, 3.05) is 4.90 Å². The molecule has 1 N–H and O–H groups in total. The van der Waals surface area contributed by atoms with E-state index in [1.54, 1.807) is 11.8 Å². The average molecular weight is 327 g/mol. The number of nitrogens with zero attached hydrogens (tertiary/aromatic N) is 1. The molecule has 128 valence electrons. The standard InChI is InChI=1S/C20H25NO3/c1-3-16(22)17-18(14-7-5-4-6-8-14)21(20(24)19(17)23)15-11-9-13(2)10-12-15/h9-12,14,18,23H,3-8H2,1-2H3. The van der Waals surface area contributed by atoms with E-state index in [9.17, 15) is 14.7 Å². The number of hydrogen-bond acceptors (Lipinski definition) is 3. The summed E-state index contributed by atoms with van der Waals surface area (Å²) >= 11 is 0. The van der Waals surface area contributed by atoms with E-state index >= 15 is 0 Å². The Morgan fingerprint density at radius 2 is 1.79 bits per heavy atom. The number of anilines is 1. The second kappa shape index (κ2) is 6.80. The first-order chi connectivity index (χ1) is 11.5. The summed E-state index contributed by atoms with van der Waals surface area (Å²) in [5.41, 5.74) is 2.20. The second-order valence-electron chi connectivity index (χ2n) is 6.89. The normalized spacial score (nSPS) is 22.3. The van der Waals surface area contributed by atoms with E-state index < -0.39 is 5.91 Å². The van der Waals surface area contributed by atoms with Gasteiger partial charge in [0.05, 0.1) is 11.6 Å². The Hall–Kier alpha value is -2.10. The number of ketones is 1. The van der Waals surface area contributed by atoms with Crippen molar-refractivity contribution >= 4 is 17.4 Å². The quantitative estimate of drug-likeness (QED) is 0.906. The lowest BCUT2D eigenvalue weighted by Gasteiger charge is -2.35. The molecule has 1 saturated carbocycles. The van der Waals surface area contributed by atoms with Crippen LogP contribution in [0.4, 0.5) is 5.69 Å². The second-order valence-corrected chi connectivity index (χ2v) is 6.89. The molecule has 1 aromatic carbocycles. The van der Waals surface area contributed by atoms with Crippen LogP contribution in [0, 0.1) is 12.8 Å². The first-order valence-corrected chi connectivity index (χ1v) is 8.91. The van der Waals surface area contributed by atoms with Gasteiger partial charge in [-0.15, -0.1) is 0 Å². The molecule has 0 radical (unpaired) electrons. The third kappa shape index (κ3) is 2.85. The van der Waals surface area contributed by atoms with Crippen LogP contribution < -0.4 is 4.90 Å². The molecule has 1 fully saturated rings. The van der Waals surface area contributed by atoms with Crippen LogP contribution in [0.5, 0.6) is 0 Å². The summed E-state index contributed by atoms with van der Waals surface area (Å²) < 4.78 is 0. The van der Waals surface area contributed by atoms with Crippen LogP contribution in [0.3, 0.4) is 0 Å². The molecule has 3 rings (SSSR count). The van der Waals surface area contributed by atoms with E-state index in [-0.39, 0.29) is 23.5 Å². The number of carbonyl (C=O) groups is 2. The maximum absolute atomic E-state index is 12.7. The Bertz CT molecular complexity index is 669. The van der Waals surface area contributed by atoms with Crippen molar-refractivity contribution in [2.24, 2.45) is 5.92 Å². The molecule has 2 aliphatic rings. The molecule has 4 heteroatoms. The van der Waals surface area contributed by atoms with Gasteiger partial charge in [-0.25, -0.2) is 0 Å². The van der Waals surface area contributed by atoms with Crippen molar-refractivity contribution in [3.8, 4) is 0 Å². The van der Waals surface area contributed by atoms with Crippen molar-refractivity contribution in [3.63, 3.8) is 0 Å². The van der Waals surface area contributed by atoms with Gasteiger partial charge in [0, 0.05) is 12.1 Å². The monoisotopic (exact) mass is 327 g/mol. The lowest BCUT2D eigenvalue weighted by atomic mass is 9.80. The third-order valence-corrected chi connectivity index (χ3v) is 5.28. The Morgan fingerprint density at radius 1 is 1.17 bits per heavy atom. The van der Waals surface area contributed by atoms with Gasteiger partial charge in [-0.2, -0.15) is 0 Å². The first kappa shape index (κ1) is 16.7. The van der Waals surface area contributed by atoms with Gasteiger partial charge in [0.15, 0.2) is 11.5 Å². The zero-order valence-electron chi connectivity index (χ0n) is 14.4. The van der Waals surface area contributed by atoms with Crippen LogP contribution in [-0.2, 0) is 9.59 Å². The predicted molar refractivity (Wildman–Crippen MR) is 94.0 cm³/mol. The maximum atomic E-state index is 12.7. The van der Waals surface area contributed by atoms with Crippen LogP contribution >= 0.6 is 0 Å². The van der Waals surface area contributed by atoms with Crippen LogP contribution in [0.25, 0.3) is 0 Å². The summed E-state index contributed by atoms with van der Waals surface area (Å²) in [6.07, 6.45) is 5.73. The predicted octanol–water partition coefficient (Wildman–Crippen LogP) is 4.08. The zero-order chi connectivity index (χ0) is 17.3. The fourth-order valence-electron chi connectivity index (χ4n) is 3.99. The van der Waals surface area contributed by atoms with Gasteiger partial charge in [-0.05, 0) is 37.8 Å². The van der Waals surface area contributed by atoms with Gasteiger partial charge < -0.3 is 5.11 Å². The Labute approximate surface area is 143 Å². The smallest absolute Gasteiger partial charge is 0.294 e. The molecular weight excluding hydrogens is 302 g/mol. The molecular formula is C20H25NO3. The first-order valence-electron chi connectivity index (χ1n) is 8.91. The Morgan fingerprint density at radius 3 is 2.38 bits per heavy atom. The number of benzene rings is 1. The molecule has 1 heterocycles. The number of Topliss-reactive ketones (excluding diaryl/α,β-unsaturated/α-hetero) is 1. The molecule has 1 amide bonds. The number of amides is 1. The molecule has 1 unspecified atom stereocenters. The van der Waals surface area contributed by atoms with Crippen LogP contribution in [0.1, 0.15) is 51.0 Å². The summed E-state index contributed by atoms with van der Waals surface area (Å²) in [7, 11) is 0. The van der Waals surface area contributed by atoms with Gasteiger partial charge in [0.2, 0.25) is 0 Å². The van der Waals surface area contributed by atoms with E-state index in [0.29, 0.717) is 12.0 Å². The topological polar surface area (TPSA) is 57.6 Å². The highest BCUT2D eigenvalue weighted by Crippen LogP contribution is 2.40. The number of hydrogen-bond donors (Lipinski definition) is 1. The molecule has 1 aromatic rings. The molecule has 24 heavy (non-hydrogen) atoms. The molecule has 0 saturated heterocycles. The summed E-state index contributed by atoms with van der Waals surface area (Å²) in [6.45, 7) is 3.77. The van der Waals surface area contributed by atoms with Crippen LogP contribution in [0.2, 0.25) is 0 Å². The highest BCUT2D eigenvalue weighted by Gasteiger charge is 2.46. The minimum Gasteiger partial charge on any atom is -0.503 e. The fraction of sp³-hybridized carbons (Fsp3) is 0.500. The van der Waals surface area contributed by atoms with Gasteiger partial charge in [-0.1, -0.05) is 43.9 Å². The van der Waals surface area contributed by atoms with Crippen molar-refractivity contribution in [3.05, 3.63) is 41.2 Å². The number of aliphatic hydroxyl groups is 1. The van der Waals surface area contributed by atoms with E-state index in [0.717, 1.165) is 36.9 Å². The van der Waals surface area contributed by atoms with Crippen molar-refractivity contribution in [1.29, 1.82) is 0 Å². The van der Waals surface area contributed by atoms with Crippen molar-refractivity contribution in [2.45, 2.75) is 58.4 Å². The van der Waals surface area contributed by atoms with Crippen molar-refractivity contribution in [1.82, 2.24) is 0 Å². The van der Waals surface area contributed by atoms with Gasteiger partial charge in [0.1, 0.15) is 0 Å². The Balaban J connectivity index is 2.04. The van der Waals surface area contributed by atoms with Crippen molar-refractivity contribution < 1.29 is 14.7 Å². The summed E-state index contributed by atoms with van der Waals surface area (Å²) in [5, 5.41) is 10.4. The number of rotatable bonds is 4. The van der Waals surface area contributed by atoms with Crippen LogP contribution in [-0.4, -0.2) is 22.8 Å². The molecule has 0 bridgehead atoms. The van der Waals surface area contributed by atoms with Gasteiger partial charge in [0.25, 0.3) is 5.91 Å². The molecule has 4 nitrogen and oxygen atoms in total. The summed E-state index contributed by atoms with van der Waals surface area (Å²) in [5.74, 6) is -0.672. The van der Waals surface area contributed by atoms with Gasteiger partial charge >= 0.3 is 0 Å². The van der Waals surface area contributed by atoms with E-state index in [1.165, 1.54) is 6.42 Å². The van der Waals surface area contributed by atoms with E-state index in [1.807, 2.05) is 31.2 Å². The minimum absolute atomic E-state index is 0.119. The number of aliphatic hydroxyl groups excluding tert-OH is 1. The number of aryl methyl sites for hydroxylation is 1. The maximum Gasteiger partial charge on any atom is 0.294 e. The fourth-order valence-corrected chi connectivity index (χ4v) is 3.99. The highest BCUT2D eigenvalue weighted by atomic mass is 16.3. The van der Waals surface area contributed by atoms with Crippen LogP contribution in [0.15, 0.2) is 35.6 Å².